The molecule has 5 heteroatoms. The highest BCUT2D eigenvalue weighted by molar-refractivity contribution is 9.10. The van der Waals surface area contributed by atoms with Crippen molar-refractivity contribution in [3.8, 4) is 0 Å². The van der Waals surface area contributed by atoms with Crippen LogP contribution >= 0.6 is 27.5 Å². The molecular formula is C20H17BrClNO2. The summed E-state index contributed by atoms with van der Waals surface area (Å²) in [5.41, 5.74) is 3.56. The Hall–Kier alpha value is -2.04. The van der Waals surface area contributed by atoms with Crippen LogP contribution in [0.15, 0.2) is 65.3 Å². The molecule has 25 heavy (non-hydrogen) atoms. The normalized spacial score (nSPS) is 11.4. The Morgan fingerprint density at radius 3 is 2.60 bits per heavy atom. The maximum absolute atomic E-state index is 10.6. The average Bonchev–Trinajstić information content (AvgIpc) is 2.86. The van der Waals surface area contributed by atoms with E-state index in [0.717, 1.165) is 21.6 Å². The molecule has 0 amide bonds. The summed E-state index contributed by atoms with van der Waals surface area (Å²) in [7, 11) is 0. The number of aliphatic carboxylic acids is 1. The maximum atomic E-state index is 10.6. The van der Waals surface area contributed by atoms with E-state index in [1.54, 1.807) is 6.08 Å². The highest BCUT2D eigenvalue weighted by Crippen LogP contribution is 2.32. The number of nitrogens with zero attached hydrogens (tertiary/aromatic N) is 1. The number of hydrogen-bond donors (Lipinski definition) is 1. The van der Waals surface area contributed by atoms with Crippen LogP contribution in [-0.4, -0.2) is 15.6 Å². The molecule has 0 aliphatic rings. The first kappa shape index (κ1) is 17.8. The molecule has 0 unspecified atom stereocenters. The first-order chi connectivity index (χ1) is 12.1. The third-order valence-corrected chi connectivity index (χ3v) is 5.24. The first-order valence-electron chi connectivity index (χ1n) is 7.96. The molecule has 0 bridgehead atoms. The number of carbonyl (C=O) groups is 1. The number of carboxylic acids is 1. The molecule has 3 nitrogen and oxygen atoms in total. The van der Waals surface area contributed by atoms with Crippen molar-refractivity contribution in [1.82, 2.24) is 4.57 Å². The van der Waals surface area contributed by atoms with Gasteiger partial charge < -0.3 is 9.67 Å². The minimum absolute atomic E-state index is 0.657. The Morgan fingerprint density at radius 1 is 1.16 bits per heavy atom. The van der Waals surface area contributed by atoms with Crippen molar-refractivity contribution >= 4 is 44.4 Å². The summed E-state index contributed by atoms with van der Waals surface area (Å²) in [6.45, 7) is 0.714. The van der Waals surface area contributed by atoms with Crippen molar-refractivity contribution in [1.29, 1.82) is 0 Å². The van der Waals surface area contributed by atoms with Crippen LogP contribution in [0.1, 0.15) is 17.5 Å². The van der Waals surface area contributed by atoms with Crippen LogP contribution in [0.2, 0.25) is 5.02 Å². The third kappa shape index (κ3) is 4.14. The number of aromatic nitrogens is 1. The number of fused-ring (bicyclic) bond motifs is 1. The van der Waals surface area contributed by atoms with Gasteiger partial charge in [0.25, 0.3) is 0 Å². The number of benzene rings is 2. The van der Waals surface area contributed by atoms with Gasteiger partial charge in [0.05, 0.1) is 4.60 Å². The summed E-state index contributed by atoms with van der Waals surface area (Å²) in [5.74, 6) is -0.917. The van der Waals surface area contributed by atoms with Gasteiger partial charge in [-0.3, -0.25) is 0 Å². The molecule has 0 aliphatic heterocycles. The Labute approximate surface area is 159 Å². The predicted molar refractivity (Wildman–Crippen MR) is 105 cm³/mol. The van der Waals surface area contributed by atoms with Crippen molar-refractivity contribution in [2.75, 3.05) is 0 Å². The lowest BCUT2D eigenvalue weighted by Crippen LogP contribution is -1.98. The number of carboxylic acid groups (broad SMARTS) is 1. The fraction of sp³-hybridized carbons (Fsp3) is 0.150. The zero-order valence-electron chi connectivity index (χ0n) is 13.5. The number of aryl methyl sites for hydroxylation is 1. The Bertz CT molecular complexity index is 929. The Balaban J connectivity index is 1.94. The van der Waals surface area contributed by atoms with Gasteiger partial charge in [-0.05, 0) is 51.7 Å². The molecule has 1 heterocycles. The van der Waals surface area contributed by atoms with E-state index in [0.29, 0.717) is 13.0 Å². The molecule has 2 aromatic carbocycles. The van der Waals surface area contributed by atoms with Crippen molar-refractivity contribution in [2.45, 2.75) is 19.4 Å². The van der Waals surface area contributed by atoms with Crippen molar-refractivity contribution in [3.05, 3.63) is 81.4 Å². The second-order valence-electron chi connectivity index (χ2n) is 5.77. The average molecular weight is 419 g/mol. The Kier molecular flexibility index (Phi) is 5.61. The van der Waals surface area contributed by atoms with Crippen LogP contribution in [0.4, 0.5) is 0 Å². The molecule has 128 valence electrons. The van der Waals surface area contributed by atoms with Crippen molar-refractivity contribution < 1.29 is 9.90 Å². The summed E-state index contributed by atoms with van der Waals surface area (Å²) in [6.07, 6.45) is 4.33. The summed E-state index contributed by atoms with van der Waals surface area (Å²) >= 11 is 9.72. The van der Waals surface area contributed by atoms with Crippen LogP contribution in [0.5, 0.6) is 0 Å². The van der Waals surface area contributed by atoms with E-state index < -0.39 is 5.97 Å². The van der Waals surface area contributed by atoms with Crippen molar-refractivity contribution in [3.63, 3.8) is 0 Å². The molecule has 0 saturated carbocycles. The summed E-state index contributed by atoms with van der Waals surface area (Å²) < 4.78 is 3.22. The lowest BCUT2D eigenvalue weighted by molar-refractivity contribution is -0.131. The van der Waals surface area contributed by atoms with E-state index in [1.807, 2.05) is 36.4 Å². The van der Waals surface area contributed by atoms with Crippen LogP contribution < -0.4 is 0 Å². The minimum atomic E-state index is -0.917. The van der Waals surface area contributed by atoms with Gasteiger partial charge in [-0.1, -0.05) is 48.0 Å². The van der Waals surface area contributed by atoms with E-state index in [9.17, 15) is 4.79 Å². The molecule has 1 N–H and O–H groups in total. The number of hydrogen-bond acceptors (Lipinski definition) is 1. The molecule has 1 aromatic heterocycles. The van der Waals surface area contributed by atoms with E-state index in [2.05, 4.69) is 32.6 Å². The quantitative estimate of drug-likeness (QED) is 0.523. The lowest BCUT2D eigenvalue weighted by atomic mass is 10.0. The first-order valence-corrected chi connectivity index (χ1v) is 9.13. The van der Waals surface area contributed by atoms with Crippen LogP contribution in [0.25, 0.3) is 10.9 Å². The van der Waals surface area contributed by atoms with Gasteiger partial charge in [0.15, 0.2) is 0 Å². The van der Waals surface area contributed by atoms with Gasteiger partial charge in [0.1, 0.15) is 0 Å². The van der Waals surface area contributed by atoms with E-state index in [-0.39, 0.29) is 0 Å². The monoisotopic (exact) mass is 417 g/mol. The molecular weight excluding hydrogens is 402 g/mol. The number of allylic oxidation sites excluding steroid dienone is 1. The molecule has 0 fully saturated rings. The molecule has 0 spiro atoms. The second kappa shape index (κ2) is 7.89. The van der Waals surface area contributed by atoms with Crippen molar-refractivity contribution in [2.24, 2.45) is 0 Å². The highest BCUT2D eigenvalue weighted by atomic mass is 79.9. The summed E-state index contributed by atoms with van der Waals surface area (Å²) in [5, 5.41) is 10.6. The van der Waals surface area contributed by atoms with E-state index in [1.165, 1.54) is 22.6 Å². The fourth-order valence-electron chi connectivity index (χ4n) is 2.92. The molecule has 0 saturated heterocycles. The van der Waals surface area contributed by atoms with Crippen LogP contribution in [0, 0.1) is 0 Å². The number of para-hydroxylation sites is 1. The van der Waals surface area contributed by atoms with Gasteiger partial charge in [-0.25, -0.2) is 4.79 Å². The highest BCUT2D eigenvalue weighted by Gasteiger charge is 2.15. The van der Waals surface area contributed by atoms with Gasteiger partial charge in [-0.15, -0.1) is 0 Å². The zero-order valence-corrected chi connectivity index (χ0v) is 15.8. The molecule has 0 aliphatic carbocycles. The maximum Gasteiger partial charge on any atom is 0.327 e. The minimum Gasteiger partial charge on any atom is -0.478 e. The van der Waals surface area contributed by atoms with Crippen LogP contribution in [-0.2, 0) is 17.8 Å². The fourth-order valence-corrected chi connectivity index (χ4v) is 3.77. The zero-order chi connectivity index (χ0) is 17.8. The molecule has 3 rings (SSSR count). The van der Waals surface area contributed by atoms with Gasteiger partial charge in [0.2, 0.25) is 0 Å². The second-order valence-corrected chi connectivity index (χ2v) is 6.96. The topological polar surface area (TPSA) is 42.2 Å². The summed E-state index contributed by atoms with van der Waals surface area (Å²) in [6, 6.07) is 16.1. The largest absolute Gasteiger partial charge is 0.478 e. The van der Waals surface area contributed by atoms with Gasteiger partial charge in [0, 0.05) is 35.0 Å². The van der Waals surface area contributed by atoms with Gasteiger partial charge >= 0.3 is 5.97 Å². The van der Waals surface area contributed by atoms with Crippen LogP contribution in [0.3, 0.4) is 0 Å². The predicted octanol–water partition coefficient (Wildman–Crippen LogP) is 5.68. The Morgan fingerprint density at radius 2 is 1.88 bits per heavy atom. The standard InChI is InChI=1S/C20H17BrClNO2/c21-20-17(13-14-8-10-15(22)11-9-14)16-5-1-2-6-18(16)23(20)12-4-3-7-19(24)25/h1-3,5-11H,4,12-13H2,(H,24,25). The van der Waals surface area contributed by atoms with Gasteiger partial charge in [-0.2, -0.15) is 0 Å². The molecule has 0 atom stereocenters. The van der Waals surface area contributed by atoms with E-state index in [4.69, 9.17) is 16.7 Å². The lowest BCUT2D eigenvalue weighted by Gasteiger charge is -2.06. The number of halogens is 2. The summed E-state index contributed by atoms with van der Waals surface area (Å²) in [4.78, 5) is 10.6. The smallest absolute Gasteiger partial charge is 0.327 e. The molecule has 3 aromatic rings. The SMILES string of the molecule is O=C(O)C=CCCn1c(Br)c(Cc2ccc(Cl)cc2)c2ccccc21. The van der Waals surface area contributed by atoms with E-state index >= 15 is 0 Å². The number of rotatable bonds is 6. The molecule has 0 radical (unpaired) electrons. The third-order valence-electron chi connectivity index (χ3n) is 4.08.